The van der Waals surface area contributed by atoms with Gasteiger partial charge in [0, 0.05) is 23.6 Å². The van der Waals surface area contributed by atoms with Gasteiger partial charge in [-0.1, -0.05) is 52.0 Å². The molecule has 13 atom stereocenters. The van der Waals surface area contributed by atoms with Crippen LogP contribution in [0.5, 0.6) is 0 Å². The van der Waals surface area contributed by atoms with E-state index in [2.05, 4.69) is 68.7 Å². The quantitative estimate of drug-likeness (QED) is 0.174. The number of hydrogen-bond donors (Lipinski definition) is 3. The molecule has 0 spiro atoms. The van der Waals surface area contributed by atoms with Gasteiger partial charge in [0.2, 0.25) is 5.91 Å². The summed E-state index contributed by atoms with van der Waals surface area (Å²) in [6, 6.07) is -0.419. The van der Waals surface area contributed by atoms with E-state index in [9.17, 15) is 29.1 Å². The fraction of sp³-hybridized carbons (Fsp3) is 0.771. The SMILES string of the molecule is C=C(C)[C@@H]1CC[C@]2(C(=O)NCc3cn([C@H]4C[C@H](n5cc(C)c(=O)[nH]c5=O)O[C@@H]4CO)nn3)CC[C@]3(C)[C@H](CC[C@@H]4[C@@]5(C)CC[C@H](OC(=O)CCC(=O)OC)C(C)(C)[C@@H]5CC[C@]43C)[C@@H]12. The monoisotopic (exact) mass is 875 g/mol. The van der Waals surface area contributed by atoms with Gasteiger partial charge < -0.3 is 24.6 Å². The molecular formula is C48H70N6O9. The number of nitrogens with one attached hydrogen (secondary N) is 2. The largest absolute Gasteiger partial charge is 0.469 e. The average Bonchev–Trinajstić information content (AvgIpc) is 3.99. The summed E-state index contributed by atoms with van der Waals surface area (Å²) >= 11 is 0. The number of H-pyrrole nitrogens is 1. The first-order chi connectivity index (χ1) is 29.7. The summed E-state index contributed by atoms with van der Waals surface area (Å²) in [5.74, 6) is 1.06. The Morgan fingerprint density at radius 2 is 1.70 bits per heavy atom. The fourth-order valence-electron chi connectivity index (χ4n) is 15.3. The topological polar surface area (TPSA) is 197 Å². The molecule has 1 amide bonds. The molecule has 2 aromatic rings. The number of methoxy groups -OCH3 is 1. The molecule has 3 N–H and O–H groups in total. The van der Waals surface area contributed by atoms with Crippen LogP contribution in [0.4, 0.5) is 0 Å². The average molecular weight is 875 g/mol. The lowest BCUT2D eigenvalue weighted by Crippen LogP contribution is -2.67. The number of carbonyl (C=O) groups excluding carboxylic acids is 3. The highest BCUT2D eigenvalue weighted by atomic mass is 16.5. The normalized spacial score (nSPS) is 39.0. The van der Waals surface area contributed by atoms with Crippen molar-refractivity contribution >= 4 is 17.8 Å². The van der Waals surface area contributed by atoms with Crippen molar-refractivity contribution in [3.05, 3.63) is 56.6 Å². The molecule has 0 radical (unpaired) electrons. The Labute approximate surface area is 370 Å². The van der Waals surface area contributed by atoms with Gasteiger partial charge in [-0.15, -0.1) is 5.10 Å². The maximum absolute atomic E-state index is 14.9. The maximum atomic E-state index is 14.9. The molecule has 0 aromatic carbocycles. The van der Waals surface area contributed by atoms with Crippen LogP contribution >= 0.6 is 0 Å². The van der Waals surface area contributed by atoms with Crippen LogP contribution in [0.2, 0.25) is 0 Å². The molecule has 0 bridgehead atoms. The fourth-order valence-corrected chi connectivity index (χ4v) is 15.3. The summed E-state index contributed by atoms with van der Waals surface area (Å²) < 4.78 is 20.0. The summed E-state index contributed by atoms with van der Waals surface area (Å²) in [6.07, 6.45) is 11.8. The molecule has 6 aliphatic rings. The molecule has 2 aromatic heterocycles. The lowest BCUT2D eigenvalue weighted by molar-refractivity contribution is -0.249. The van der Waals surface area contributed by atoms with Crippen LogP contribution in [-0.2, 0) is 35.1 Å². The molecular weight excluding hydrogens is 805 g/mol. The van der Waals surface area contributed by atoms with Crippen LogP contribution in [0.1, 0.15) is 149 Å². The maximum Gasteiger partial charge on any atom is 0.330 e. The Bertz CT molecular complexity index is 2250. The number of aliphatic hydroxyl groups is 1. The van der Waals surface area contributed by atoms with E-state index in [1.54, 1.807) is 17.8 Å². The zero-order valence-corrected chi connectivity index (χ0v) is 38.7. The first-order valence-corrected chi connectivity index (χ1v) is 23.4. The minimum absolute atomic E-state index is 0.0281. The van der Waals surface area contributed by atoms with Crippen LogP contribution in [0.15, 0.2) is 34.1 Å². The van der Waals surface area contributed by atoms with Gasteiger partial charge in [-0.3, -0.25) is 28.7 Å². The van der Waals surface area contributed by atoms with E-state index >= 15 is 0 Å². The third-order valence-electron chi connectivity index (χ3n) is 18.7. The summed E-state index contributed by atoms with van der Waals surface area (Å²) in [5, 5.41) is 22.4. The molecule has 1 saturated heterocycles. The van der Waals surface area contributed by atoms with Gasteiger partial charge in [0.1, 0.15) is 24.1 Å². The van der Waals surface area contributed by atoms with E-state index < -0.39 is 41.0 Å². The zero-order chi connectivity index (χ0) is 45.4. The van der Waals surface area contributed by atoms with Crippen molar-refractivity contribution in [3.63, 3.8) is 0 Å². The number of ether oxygens (including phenoxy) is 3. The molecule has 15 nitrogen and oxygen atoms in total. The van der Waals surface area contributed by atoms with Crippen molar-refractivity contribution in [3.8, 4) is 0 Å². The third-order valence-corrected chi connectivity index (χ3v) is 18.7. The molecule has 63 heavy (non-hydrogen) atoms. The summed E-state index contributed by atoms with van der Waals surface area (Å²) in [6.45, 7) is 20.5. The number of esters is 2. The number of rotatable bonds is 11. The highest BCUT2D eigenvalue weighted by Crippen LogP contribution is 2.77. The van der Waals surface area contributed by atoms with Crippen LogP contribution < -0.4 is 16.6 Å². The molecule has 0 unspecified atom stereocenters. The van der Waals surface area contributed by atoms with E-state index in [4.69, 9.17) is 14.2 Å². The number of hydrogen-bond acceptors (Lipinski definition) is 11. The molecule has 8 rings (SSSR count). The molecule has 3 heterocycles. The van der Waals surface area contributed by atoms with Crippen molar-refractivity contribution in [2.45, 2.75) is 163 Å². The van der Waals surface area contributed by atoms with Gasteiger partial charge in [0.05, 0.1) is 50.8 Å². The van der Waals surface area contributed by atoms with Crippen molar-refractivity contribution in [1.82, 2.24) is 29.9 Å². The summed E-state index contributed by atoms with van der Waals surface area (Å²) in [4.78, 5) is 66.5. The van der Waals surface area contributed by atoms with Gasteiger partial charge in [-0.05, 0) is 124 Å². The van der Waals surface area contributed by atoms with E-state index in [1.165, 1.54) is 23.4 Å². The predicted octanol–water partition coefficient (Wildman–Crippen LogP) is 6.10. The molecule has 6 fully saturated rings. The second kappa shape index (κ2) is 16.4. The number of allylic oxidation sites excluding steroid dienone is 1. The van der Waals surface area contributed by atoms with Crippen molar-refractivity contribution in [1.29, 1.82) is 0 Å². The number of aromatic nitrogens is 5. The lowest BCUT2D eigenvalue weighted by Gasteiger charge is -2.72. The Kier molecular flexibility index (Phi) is 11.8. The minimum atomic E-state index is -0.709. The van der Waals surface area contributed by atoms with Crippen molar-refractivity contribution in [2.75, 3.05) is 13.7 Å². The second-order valence-electron chi connectivity index (χ2n) is 21.7. The van der Waals surface area contributed by atoms with Gasteiger partial charge in [-0.25, -0.2) is 9.48 Å². The van der Waals surface area contributed by atoms with Crippen LogP contribution in [0.25, 0.3) is 0 Å². The number of nitrogens with zero attached hydrogens (tertiary/aromatic N) is 4. The van der Waals surface area contributed by atoms with Gasteiger partial charge in [0.25, 0.3) is 5.56 Å². The minimum Gasteiger partial charge on any atom is -0.469 e. The smallest absolute Gasteiger partial charge is 0.330 e. The molecule has 5 aliphatic carbocycles. The van der Waals surface area contributed by atoms with E-state index in [0.29, 0.717) is 35.4 Å². The standard InChI is InChI=1S/C48H70N6O9/c1-27(2)30-14-19-48(42(59)49-23-29-25-54(52-51-29)32-22-37(62-33(32)26-55)53-24-28(3)41(58)50-43(53)60)21-20-46(7)31(40(30)48)10-11-35-45(6)17-16-36(63-39(57)13-12-38(56)61-9)44(4,5)34(45)15-18-47(35,46)8/h24-25,30-37,40,55H,1,10-23,26H2,2-9H3,(H,49,59)(H,50,58,60)/t30-,31+,32-,33+,34-,35+,36-,37+,40+,45-,46+,47+,48-/m0/s1. The molecule has 15 heteroatoms. The van der Waals surface area contributed by atoms with Crippen molar-refractivity contribution < 1.29 is 33.7 Å². The Morgan fingerprint density at radius 1 is 0.952 bits per heavy atom. The number of amides is 1. The van der Waals surface area contributed by atoms with Crippen LogP contribution in [0, 0.1) is 63.6 Å². The predicted molar refractivity (Wildman–Crippen MR) is 233 cm³/mol. The Hall–Kier alpha value is -4.11. The Morgan fingerprint density at radius 3 is 2.41 bits per heavy atom. The molecule has 346 valence electrons. The van der Waals surface area contributed by atoms with Gasteiger partial charge in [0.15, 0.2) is 0 Å². The third kappa shape index (κ3) is 7.25. The second-order valence-corrected chi connectivity index (χ2v) is 21.7. The first-order valence-electron chi connectivity index (χ1n) is 23.4. The zero-order valence-electron chi connectivity index (χ0n) is 38.7. The van der Waals surface area contributed by atoms with Crippen molar-refractivity contribution in [2.24, 2.45) is 56.7 Å². The lowest BCUT2D eigenvalue weighted by atomic mass is 9.32. The number of fused-ring (bicyclic) bond motifs is 7. The summed E-state index contributed by atoms with van der Waals surface area (Å²) in [7, 11) is 1.33. The highest BCUT2D eigenvalue weighted by Gasteiger charge is 2.72. The Balaban J connectivity index is 0.977. The number of aromatic amines is 1. The first kappa shape index (κ1) is 45.5. The number of carbonyl (C=O) groups is 3. The molecule has 5 saturated carbocycles. The van der Waals surface area contributed by atoms with E-state index in [-0.39, 0.29) is 77.5 Å². The van der Waals surface area contributed by atoms with E-state index in [0.717, 1.165) is 64.2 Å². The molecule has 1 aliphatic heterocycles. The highest BCUT2D eigenvalue weighted by molar-refractivity contribution is 5.84. The van der Waals surface area contributed by atoms with Crippen LogP contribution in [0.3, 0.4) is 0 Å². The van der Waals surface area contributed by atoms with E-state index in [1.807, 2.05) is 0 Å². The van der Waals surface area contributed by atoms with Gasteiger partial charge in [-0.2, -0.15) is 0 Å². The number of aryl methyl sites for hydroxylation is 1. The van der Waals surface area contributed by atoms with Gasteiger partial charge >= 0.3 is 17.6 Å². The van der Waals surface area contributed by atoms with Crippen LogP contribution in [-0.4, -0.2) is 73.4 Å². The number of aliphatic hydroxyl groups excluding tert-OH is 1. The summed E-state index contributed by atoms with van der Waals surface area (Å²) in [5.41, 5.74) is 0.554.